The summed E-state index contributed by atoms with van der Waals surface area (Å²) in [5.41, 5.74) is 1.26. The Morgan fingerprint density at radius 3 is 3.36 bits per heavy atom. The van der Waals surface area contributed by atoms with Crippen molar-refractivity contribution in [3.05, 3.63) is 34.8 Å². The van der Waals surface area contributed by atoms with Gasteiger partial charge in [-0.25, -0.2) is 4.98 Å². The maximum Gasteiger partial charge on any atom is 0.124 e. The van der Waals surface area contributed by atoms with E-state index >= 15 is 0 Å². The van der Waals surface area contributed by atoms with Gasteiger partial charge in [-0.05, 0) is 12.1 Å². The van der Waals surface area contributed by atoms with E-state index in [2.05, 4.69) is 28.2 Å². The first kappa shape index (κ1) is 7.88. The fourth-order valence-electron chi connectivity index (χ4n) is 1.60. The monoisotopic (exact) mass is 200 g/mol. The summed E-state index contributed by atoms with van der Waals surface area (Å²) in [6.07, 6.45) is 8.00. The molecule has 1 aliphatic rings. The van der Waals surface area contributed by atoms with Gasteiger partial charge in [0.15, 0.2) is 0 Å². The number of pyridine rings is 1. The van der Waals surface area contributed by atoms with Crippen molar-refractivity contribution in [3.63, 3.8) is 0 Å². The number of thiophene rings is 1. The van der Waals surface area contributed by atoms with Crippen molar-refractivity contribution in [2.24, 2.45) is 4.99 Å². The maximum absolute atomic E-state index is 4.34. The number of fused-ring (bicyclic) bond motifs is 3. The van der Waals surface area contributed by atoms with Crippen molar-refractivity contribution in [2.75, 3.05) is 6.54 Å². The van der Waals surface area contributed by atoms with E-state index in [0.29, 0.717) is 0 Å². The summed E-state index contributed by atoms with van der Waals surface area (Å²) in [6.45, 7) is 0.781. The van der Waals surface area contributed by atoms with Crippen molar-refractivity contribution >= 4 is 33.8 Å². The van der Waals surface area contributed by atoms with Gasteiger partial charge in [0, 0.05) is 23.4 Å². The van der Waals surface area contributed by atoms with Gasteiger partial charge in [0.05, 0.1) is 11.4 Å². The van der Waals surface area contributed by atoms with Gasteiger partial charge < -0.3 is 0 Å². The molecule has 3 rings (SSSR count). The van der Waals surface area contributed by atoms with Crippen LogP contribution in [-0.2, 0) is 0 Å². The van der Waals surface area contributed by atoms with Gasteiger partial charge in [0.1, 0.15) is 4.83 Å². The number of rotatable bonds is 0. The second-order valence-electron chi connectivity index (χ2n) is 3.13. The predicted molar refractivity (Wildman–Crippen MR) is 61.1 cm³/mol. The van der Waals surface area contributed by atoms with Gasteiger partial charge in [-0.2, -0.15) is 0 Å². The Balaban J connectivity index is 2.41. The van der Waals surface area contributed by atoms with Crippen molar-refractivity contribution in [1.29, 1.82) is 0 Å². The minimum atomic E-state index is 0.781. The molecule has 0 saturated carbocycles. The zero-order chi connectivity index (χ0) is 9.38. The lowest BCUT2D eigenvalue weighted by Gasteiger charge is -1.90. The number of aromatic nitrogens is 1. The van der Waals surface area contributed by atoms with Crippen LogP contribution >= 0.6 is 11.3 Å². The van der Waals surface area contributed by atoms with E-state index in [1.807, 2.05) is 18.5 Å². The highest BCUT2D eigenvalue weighted by molar-refractivity contribution is 7.20. The number of hydrogen-bond acceptors (Lipinski definition) is 3. The first-order valence-corrected chi connectivity index (χ1v) is 5.31. The predicted octanol–water partition coefficient (Wildman–Crippen LogP) is 2.74. The third kappa shape index (κ3) is 1.09. The fraction of sp³-hybridized carbons (Fsp3) is 0.0909. The van der Waals surface area contributed by atoms with Gasteiger partial charge >= 0.3 is 0 Å². The summed E-state index contributed by atoms with van der Waals surface area (Å²) < 4.78 is 0. The van der Waals surface area contributed by atoms with Crippen molar-refractivity contribution in [2.45, 2.75) is 0 Å². The summed E-state index contributed by atoms with van der Waals surface area (Å²) in [5, 5.41) is 1.23. The highest BCUT2D eigenvalue weighted by atomic mass is 32.1. The molecular weight excluding hydrogens is 192 g/mol. The molecule has 0 radical (unpaired) electrons. The largest absolute Gasteiger partial charge is 0.288 e. The average molecular weight is 200 g/mol. The van der Waals surface area contributed by atoms with E-state index in [1.54, 1.807) is 11.3 Å². The second kappa shape index (κ2) is 3.03. The first-order valence-electron chi connectivity index (χ1n) is 4.49. The van der Waals surface area contributed by atoms with E-state index in [0.717, 1.165) is 11.4 Å². The highest BCUT2D eigenvalue weighted by Crippen LogP contribution is 2.30. The van der Waals surface area contributed by atoms with Crippen LogP contribution in [0.3, 0.4) is 0 Å². The molecular formula is C11H8N2S. The lowest BCUT2D eigenvalue weighted by Crippen LogP contribution is -1.76. The van der Waals surface area contributed by atoms with Gasteiger partial charge in [-0.3, -0.25) is 4.99 Å². The minimum absolute atomic E-state index is 0.781. The van der Waals surface area contributed by atoms with Gasteiger partial charge in [0.25, 0.3) is 0 Å². The van der Waals surface area contributed by atoms with Gasteiger partial charge in [-0.1, -0.05) is 12.2 Å². The molecule has 3 heteroatoms. The number of aliphatic imine (C=N–C) groups is 1. The quantitative estimate of drug-likeness (QED) is 0.642. The Morgan fingerprint density at radius 1 is 1.36 bits per heavy atom. The third-order valence-electron chi connectivity index (χ3n) is 2.24. The van der Waals surface area contributed by atoms with Crippen LogP contribution in [0.4, 0.5) is 0 Å². The molecule has 68 valence electrons. The molecule has 2 aromatic heterocycles. The van der Waals surface area contributed by atoms with Crippen LogP contribution in [-0.4, -0.2) is 17.7 Å². The molecule has 14 heavy (non-hydrogen) atoms. The first-order chi connectivity index (χ1) is 6.95. The molecule has 1 aliphatic heterocycles. The molecule has 0 amide bonds. The molecule has 2 nitrogen and oxygen atoms in total. The SMILES string of the molecule is C1=Cc2c(sc3ncccc23)C=NC1. The van der Waals surface area contributed by atoms with Crippen molar-refractivity contribution in [3.8, 4) is 0 Å². The molecule has 0 N–H and O–H groups in total. The zero-order valence-electron chi connectivity index (χ0n) is 7.47. The Kier molecular flexibility index (Phi) is 1.70. The molecule has 0 aliphatic carbocycles. The Labute approximate surface area is 85.6 Å². The summed E-state index contributed by atoms with van der Waals surface area (Å²) in [4.78, 5) is 10.9. The lowest BCUT2D eigenvalue weighted by molar-refractivity contribution is 1.27. The topological polar surface area (TPSA) is 25.2 Å². The molecule has 2 aromatic rings. The van der Waals surface area contributed by atoms with Gasteiger partial charge in [-0.15, -0.1) is 11.3 Å². The normalized spacial score (nSPS) is 14.3. The van der Waals surface area contributed by atoms with Crippen molar-refractivity contribution in [1.82, 2.24) is 4.98 Å². The molecule has 3 heterocycles. The Morgan fingerprint density at radius 2 is 2.36 bits per heavy atom. The maximum atomic E-state index is 4.34. The van der Waals surface area contributed by atoms with Gasteiger partial charge in [0.2, 0.25) is 0 Å². The number of hydrogen-bond donors (Lipinski definition) is 0. The molecule has 0 bridgehead atoms. The van der Waals surface area contributed by atoms with E-state index in [1.165, 1.54) is 15.8 Å². The van der Waals surface area contributed by atoms with E-state index in [4.69, 9.17) is 0 Å². The minimum Gasteiger partial charge on any atom is -0.288 e. The Hall–Kier alpha value is -1.48. The summed E-state index contributed by atoms with van der Waals surface area (Å²) in [5.74, 6) is 0. The molecule has 0 spiro atoms. The molecule has 0 saturated heterocycles. The lowest BCUT2D eigenvalue weighted by atomic mass is 10.1. The van der Waals surface area contributed by atoms with E-state index in [-0.39, 0.29) is 0 Å². The summed E-state index contributed by atoms with van der Waals surface area (Å²) in [7, 11) is 0. The smallest absolute Gasteiger partial charge is 0.124 e. The van der Waals surface area contributed by atoms with Crippen LogP contribution in [0.15, 0.2) is 29.4 Å². The van der Waals surface area contributed by atoms with Crippen LogP contribution in [0, 0.1) is 0 Å². The van der Waals surface area contributed by atoms with E-state index in [9.17, 15) is 0 Å². The highest BCUT2D eigenvalue weighted by Gasteiger charge is 2.09. The van der Waals surface area contributed by atoms with Crippen molar-refractivity contribution < 1.29 is 0 Å². The summed E-state index contributed by atoms with van der Waals surface area (Å²) in [6, 6.07) is 4.09. The van der Waals surface area contributed by atoms with Crippen LogP contribution in [0.2, 0.25) is 0 Å². The van der Waals surface area contributed by atoms with Crippen LogP contribution < -0.4 is 0 Å². The second-order valence-corrected chi connectivity index (χ2v) is 4.16. The molecule has 0 aromatic carbocycles. The summed E-state index contributed by atoms with van der Waals surface area (Å²) >= 11 is 1.70. The average Bonchev–Trinajstić information content (AvgIpc) is 2.42. The Bertz CT molecular complexity index is 537. The molecule has 0 unspecified atom stereocenters. The fourth-order valence-corrected chi connectivity index (χ4v) is 2.63. The van der Waals surface area contributed by atoms with E-state index < -0.39 is 0 Å². The standard InChI is InChI=1S/C11H8N2S/c1-3-8-9-4-2-6-13-11(9)14-10(8)7-12-5-1/h1-4,6-7H,5H2. The molecule has 0 fully saturated rings. The van der Waals surface area contributed by atoms with Crippen LogP contribution in [0.25, 0.3) is 16.3 Å². The third-order valence-corrected chi connectivity index (χ3v) is 3.30. The van der Waals surface area contributed by atoms with Crippen LogP contribution in [0.5, 0.6) is 0 Å². The van der Waals surface area contributed by atoms with Crippen LogP contribution in [0.1, 0.15) is 10.4 Å². The molecule has 0 atom stereocenters. The number of nitrogens with zero attached hydrogens (tertiary/aromatic N) is 2. The zero-order valence-corrected chi connectivity index (χ0v) is 8.29.